The van der Waals surface area contributed by atoms with Gasteiger partial charge in [-0.05, 0) is 19.3 Å². The highest BCUT2D eigenvalue weighted by Gasteiger charge is 2.22. The van der Waals surface area contributed by atoms with Crippen LogP contribution in [-0.2, 0) is 4.79 Å². The van der Waals surface area contributed by atoms with Crippen molar-refractivity contribution in [2.45, 2.75) is 31.7 Å². The molecule has 1 aliphatic carbocycles. The monoisotopic (exact) mass is 237 g/mol. The minimum Gasteiger partial charge on any atom is -0.353 e. The van der Waals surface area contributed by atoms with Gasteiger partial charge in [0.05, 0.1) is 6.20 Å². The summed E-state index contributed by atoms with van der Waals surface area (Å²) in [5.41, 5.74) is 0.257. The Kier molecular flexibility index (Phi) is 3.69. The summed E-state index contributed by atoms with van der Waals surface area (Å²) in [6.45, 7) is 0.462. The van der Waals surface area contributed by atoms with E-state index in [9.17, 15) is 9.59 Å². The Morgan fingerprint density at radius 3 is 2.94 bits per heavy atom. The zero-order chi connectivity index (χ0) is 12.1. The molecule has 92 valence electrons. The van der Waals surface area contributed by atoms with Crippen LogP contribution in [0.2, 0.25) is 0 Å². The number of rotatable bonds is 6. The van der Waals surface area contributed by atoms with Gasteiger partial charge in [-0.2, -0.15) is 15.4 Å². The molecule has 1 aromatic heterocycles. The Labute approximate surface area is 98.4 Å². The molecule has 17 heavy (non-hydrogen) atoms. The molecule has 7 nitrogen and oxygen atoms in total. The number of hydrogen-bond acceptors (Lipinski definition) is 4. The van der Waals surface area contributed by atoms with E-state index in [1.807, 2.05) is 0 Å². The lowest BCUT2D eigenvalue weighted by Crippen LogP contribution is -2.28. The average Bonchev–Trinajstić information content (AvgIpc) is 2.96. The summed E-state index contributed by atoms with van der Waals surface area (Å²) in [6, 6.07) is 0.396. The van der Waals surface area contributed by atoms with E-state index in [4.69, 9.17) is 0 Å². The number of amides is 2. The third kappa shape index (κ3) is 3.86. The Hall–Kier alpha value is -1.92. The lowest BCUT2D eigenvalue weighted by atomic mass is 10.3. The zero-order valence-corrected chi connectivity index (χ0v) is 9.40. The molecule has 0 spiro atoms. The molecule has 2 amide bonds. The SMILES string of the molecule is O=C(CCCNC(=O)c1cn[nH]n1)NC1CC1. The number of aromatic amines is 1. The number of hydrogen-bond donors (Lipinski definition) is 3. The van der Waals surface area contributed by atoms with Gasteiger partial charge in [-0.25, -0.2) is 0 Å². The second kappa shape index (κ2) is 5.42. The quantitative estimate of drug-likeness (QED) is 0.586. The molecule has 2 rings (SSSR count). The van der Waals surface area contributed by atoms with Crippen molar-refractivity contribution >= 4 is 11.8 Å². The van der Waals surface area contributed by atoms with Crippen molar-refractivity contribution in [3.63, 3.8) is 0 Å². The molecule has 0 aromatic carbocycles. The second-order valence-corrected chi connectivity index (χ2v) is 4.06. The van der Waals surface area contributed by atoms with Crippen molar-refractivity contribution in [2.24, 2.45) is 0 Å². The fourth-order valence-corrected chi connectivity index (χ4v) is 1.38. The van der Waals surface area contributed by atoms with Crippen LogP contribution in [-0.4, -0.2) is 39.8 Å². The summed E-state index contributed by atoms with van der Waals surface area (Å²) >= 11 is 0. The van der Waals surface area contributed by atoms with E-state index in [1.54, 1.807) is 0 Å². The lowest BCUT2D eigenvalue weighted by Gasteiger charge is -2.04. The average molecular weight is 237 g/mol. The van der Waals surface area contributed by atoms with Crippen molar-refractivity contribution in [3.05, 3.63) is 11.9 Å². The number of H-pyrrole nitrogens is 1. The van der Waals surface area contributed by atoms with Crippen LogP contribution in [0, 0.1) is 0 Å². The fraction of sp³-hybridized carbons (Fsp3) is 0.600. The van der Waals surface area contributed by atoms with Gasteiger partial charge >= 0.3 is 0 Å². The van der Waals surface area contributed by atoms with Crippen molar-refractivity contribution in [3.8, 4) is 0 Å². The lowest BCUT2D eigenvalue weighted by molar-refractivity contribution is -0.121. The maximum atomic E-state index is 11.4. The van der Waals surface area contributed by atoms with Crippen molar-refractivity contribution < 1.29 is 9.59 Å². The van der Waals surface area contributed by atoms with Gasteiger partial charge in [-0.3, -0.25) is 9.59 Å². The third-order valence-electron chi connectivity index (χ3n) is 2.46. The fourth-order valence-electron chi connectivity index (χ4n) is 1.38. The molecular formula is C10H15N5O2. The van der Waals surface area contributed by atoms with E-state index >= 15 is 0 Å². The molecular weight excluding hydrogens is 222 g/mol. The van der Waals surface area contributed by atoms with E-state index in [2.05, 4.69) is 26.0 Å². The topological polar surface area (TPSA) is 99.8 Å². The van der Waals surface area contributed by atoms with Crippen LogP contribution in [0.5, 0.6) is 0 Å². The Morgan fingerprint density at radius 2 is 2.29 bits per heavy atom. The highest BCUT2D eigenvalue weighted by Crippen LogP contribution is 2.18. The Morgan fingerprint density at radius 1 is 1.47 bits per heavy atom. The smallest absolute Gasteiger partial charge is 0.273 e. The van der Waals surface area contributed by atoms with Crippen LogP contribution >= 0.6 is 0 Å². The first-order valence-electron chi connectivity index (χ1n) is 5.69. The molecule has 0 bridgehead atoms. The first kappa shape index (κ1) is 11.6. The minimum atomic E-state index is -0.277. The Bertz CT molecular complexity index is 385. The van der Waals surface area contributed by atoms with Gasteiger partial charge < -0.3 is 10.6 Å². The van der Waals surface area contributed by atoms with E-state index in [-0.39, 0.29) is 17.5 Å². The molecule has 1 saturated carbocycles. The molecule has 1 aliphatic rings. The molecule has 0 aliphatic heterocycles. The summed E-state index contributed by atoms with van der Waals surface area (Å²) in [5.74, 6) is -0.218. The zero-order valence-electron chi connectivity index (χ0n) is 9.40. The first-order chi connectivity index (χ1) is 8.25. The number of carbonyl (C=O) groups is 2. The number of carbonyl (C=O) groups excluding carboxylic acids is 2. The number of nitrogens with zero attached hydrogens (tertiary/aromatic N) is 2. The first-order valence-corrected chi connectivity index (χ1v) is 5.69. The van der Waals surface area contributed by atoms with E-state index in [1.165, 1.54) is 6.20 Å². The summed E-state index contributed by atoms with van der Waals surface area (Å²) in [4.78, 5) is 22.7. The van der Waals surface area contributed by atoms with Gasteiger partial charge in [0.25, 0.3) is 5.91 Å². The predicted molar refractivity (Wildman–Crippen MR) is 59.1 cm³/mol. The molecule has 1 heterocycles. The van der Waals surface area contributed by atoms with Crippen molar-refractivity contribution in [2.75, 3.05) is 6.54 Å². The van der Waals surface area contributed by atoms with Crippen LogP contribution in [0.15, 0.2) is 6.20 Å². The molecule has 0 atom stereocenters. The molecule has 1 aromatic rings. The number of nitrogens with one attached hydrogen (secondary N) is 3. The van der Waals surface area contributed by atoms with Gasteiger partial charge in [0.1, 0.15) is 0 Å². The van der Waals surface area contributed by atoms with Gasteiger partial charge in [0.2, 0.25) is 5.91 Å². The van der Waals surface area contributed by atoms with Gasteiger partial charge in [0, 0.05) is 19.0 Å². The second-order valence-electron chi connectivity index (χ2n) is 4.06. The third-order valence-corrected chi connectivity index (χ3v) is 2.46. The molecule has 0 unspecified atom stereocenters. The summed E-state index contributed by atoms with van der Waals surface area (Å²) in [6.07, 6.45) is 4.61. The molecule has 0 saturated heterocycles. The highest BCUT2D eigenvalue weighted by molar-refractivity contribution is 5.91. The van der Waals surface area contributed by atoms with Gasteiger partial charge in [-0.15, -0.1) is 0 Å². The molecule has 3 N–H and O–H groups in total. The van der Waals surface area contributed by atoms with E-state index < -0.39 is 0 Å². The minimum absolute atomic E-state index is 0.0585. The largest absolute Gasteiger partial charge is 0.353 e. The normalized spacial score (nSPS) is 14.4. The van der Waals surface area contributed by atoms with Crippen LogP contribution < -0.4 is 10.6 Å². The van der Waals surface area contributed by atoms with Gasteiger partial charge in [-0.1, -0.05) is 0 Å². The van der Waals surface area contributed by atoms with Crippen LogP contribution in [0.4, 0.5) is 0 Å². The summed E-state index contributed by atoms with van der Waals surface area (Å²) in [5, 5.41) is 15.1. The summed E-state index contributed by atoms with van der Waals surface area (Å²) in [7, 11) is 0. The maximum absolute atomic E-state index is 11.4. The maximum Gasteiger partial charge on any atom is 0.273 e. The molecule has 7 heteroatoms. The van der Waals surface area contributed by atoms with Crippen molar-refractivity contribution in [1.29, 1.82) is 0 Å². The standard InChI is InChI=1S/C10H15N5O2/c16-9(13-7-3-4-7)2-1-5-11-10(17)8-6-12-15-14-8/h6-7H,1-5H2,(H,11,17)(H,13,16)(H,12,14,15). The van der Waals surface area contributed by atoms with Crippen LogP contribution in [0.25, 0.3) is 0 Å². The van der Waals surface area contributed by atoms with Crippen LogP contribution in [0.3, 0.4) is 0 Å². The van der Waals surface area contributed by atoms with Crippen LogP contribution in [0.1, 0.15) is 36.2 Å². The van der Waals surface area contributed by atoms with E-state index in [0.29, 0.717) is 25.4 Å². The highest BCUT2D eigenvalue weighted by atomic mass is 16.2. The van der Waals surface area contributed by atoms with Gasteiger partial charge in [0.15, 0.2) is 5.69 Å². The van der Waals surface area contributed by atoms with E-state index in [0.717, 1.165) is 12.8 Å². The van der Waals surface area contributed by atoms with Crippen molar-refractivity contribution in [1.82, 2.24) is 26.0 Å². The molecule has 1 fully saturated rings. The predicted octanol–water partition coefficient (Wildman–Crippen LogP) is -0.407. The molecule has 0 radical (unpaired) electrons. The number of aromatic nitrogens is 3. The Balaban J connectivity index is 1.56. The summed E-state index contributed by atoms with van der Waals surface area (Å²) < 4.78 is 0.